The van der Waals surface area contributed by atoms with Crippen molar-refractivity contribution in [2.45, 2.75) is 6.42 Å². The Labute approximate surface area is 109 Å². The van der Waals surface area contributed by atoms with E-state index in [0.717, 1.165) is 11.6 Å². The summed E-state index contributed by atoms with van der Waals surface area (Å²) < 4.78 is 13.4. The first-order valence-corrected chi connectivity index (χ1v) is 5.83. The topological polar surface area (TPSA) is 62.2 Å². The maximum atomic E-state index is 13.4. The van der Waals surface area contributed by atoms with Gasteiger partial charge in [-0.1, -0.05) is 12.1 Å². The van der Waals surface area contributed by atoms with E-state index in [4.69, 9.17) is 5.11 Å². The van der Waals surface area contributed by atoms with Crippen LogP contribution in [0.4, 0.5) is 10.1 Å². The molecule has 19 heavy (non-hydrogen) atoms. The number of hydrogen-bond acceptors (Lipinski definition) is 3. The molecule has 0 unspecified atom stereocenters. The van der Waals surface area contributed by atoms with Gasteiger partial charge >= 0.3 is 5.97 Å². The molecule has 98 valence electrons. The Morgan fingerprint density at radius 1 is 1.32 bits per heavy atom. The molecule has 0 saturated carbocycles. The Morgan fingerprint density at radius 2 is 2.16 bits per heavy atom. The van der Waals surface area contributed by atoms with Gasteiger partial charge in [-0.3, -0.25) is 4.98 Å². The van der Waals surface area contributed by atoms with Gasteiger partial charge in [0, 0.05) is 18.9 Å². The number of aromatic nitrogens is 1. The second-order valence-electron chi connectivity index (χ2n) is 4.01. The van der Waals surface area contributed by atoms with Crippen LogP contribution in [0.2, 0.25) is 0 Å². The van der Waals surface area contributed by atoms with Crippen LogP contribution < -0.4 is 5.32 Å². The van der Waals surface area contributed by atoms with Crippen LogP contribution in [0.15, 0.2) is 42.7 Å². The molecule has 1 aromatic heterocycles. The fourth-order valence-corrected chi connectivity index (χ4v) is 1.78. The quantitative estimate of drug-likeness (QED) is 0.867. The molecule has 0 fully saturated rings. The first-order chi connectivity index (χ1) is 9.18. The van der Waals surface area contributed by atoms with Crippen LogP contribution in [0.5, 0.6) is 0 Å². The van der Waals surface area contributed by atoms with E-state index in [1.165, 1.54) is 6.07 Å². The molecule has 0 aliphatic carbocycles. The lowest BCUT2D eigenvalue weighted by Gasteiger charge is -2.10. The number of pyridine rings is 1. The highest BCUT2D eigenvalue weighted by atomic mass is 19.1. The summed E-state index contributed by atoms with van der Waals surface area (Å²) in [6.07, 6.45) is 4.11. The Hall–Kier alpha value is -2.43. The van der Waals surface area contributed by atoms with E-state index in [2.05, 4.69) is 10.3 Å². The fourth-order valence-electron chi connectivity index (χ4n) is 1.78. The van der Waals surface area contributed by atoms with Crippen molar-refractivity contribution in [2.24, 2.45) is 0 Å². The summed E-state index contributed by atoms with van der Waals surface area (Å²) in [6, 6.07) is 7.93. The molecular formula is C14H13FN2O2. The number of hydrogen-bond donors (Lipinski definition) is 2. The van der Waals surface area contributed by atoms with E-state index in [-0.39, 0.29) is 11.3 Å². The zero-order valence-corrected chi connectivity index (χ0v) is 10.1. The molecule has 2 N–H and O–H groups in total. The van der Waals surface area contributed by atoms with Crippen molar-refractivity contribution in [2.75, 3.05) is 11.9 Å². The minimum atomic E-state index is -1.28. The van der Waals surface area contributed by atoms with Crippen LogP contribution in [-0.2, 0) is 6.42 Å². The highest BCUT2D eigenvalue weighted by molar-refractivity contribution is 5.94. The Morgan fingerprint density at radius 3 is 2.84 bits per heavy atom. The van der Waals surface area contributed by atoms with E-state index in [1.807, 2.05) is 12.1 Å². The Kier molecular flexibility index (Phi) is 4.07. The first-order valence-electron chi connectivity index (χ1n) is 5.83. The van der Waals surface area contributed by atoms with Gasteiger partial charge in [-0.25, -0.2) is 9.18 Å². The molecule has 0 amide bonds. The number of nitrogens with one attached hydrogen (secondary N) is 1. The van der Waals surface area contributed by atoms with E-state index < -0.39 is 11.8 Å². The number of nitrogens with zero attached hydrogens (tertiary/aromatic N) is 1. The number of benzene rings is 1. The monoisotopic (exact) mass is 260 g/mol. The molecule has 0 aliphatic heterocycles. The van der Waals surface area contributed by atoms with Crippen LogP contribution in [0.3, 0.4) is 0 Å². The van der Waals surface area contributed by atoms with Crippen LogP contribution >= 0.6 is 0 Å². The lowest BCUT2D eigenvalue weighted by Crippen LogP contribution is -2.11. The zero-order chi connectivity index (χ0) is 13.7. The summed E-state index contributed by atoms with van der Waals surface area (Å²) in [5.74, 6) is -2.01. The minimum Gasteiger partial charge on any atom is -0.478 e. The molecule has 2 rings (SSSR count). The van der Waals surface area contributed by atoms with Crippen molar-refractivity contribution in [3.8, 4) is 0 Å². The Balaban J connectivity index is 2.04. The highest BCUT2D eigenvalue weighted by Crippen LogP contribution is 2.18. The number of rotatable bonds is 5. The summed E-state index contributed by atoms with van der Waals surface area (Å²) in [4.78, 5) is 15.0. The van der Waals surface area contributed by atoms with Crippen LogP contribution in [0.25, 0.3) is 0 Å². The van der Waals surface area contributed by atoms with Crippen molar-refractivity contribution < 1.29 is 14.3 Å². The third-order valence-corrected chi connectivity index (χ3v) is 2.68. The lowest BCUT2D eigenvalue weighted by molar-refractivity contribution is 0.0693. The molecule has 1 heterocycles. The largest absolute Gasteiger partial charge is 0.478 e. The average molecular weight is 260 g/mol. The van der Waals surface area contributed by atoms with Gasteiger partial charge in [0.25, 0.3) is 0 Å². The number of aromatic carboxylic acids is 1. The number of carboxylic acids is 1. The number of halogens is 1. The standard InChI is InChI=1S/C14H13FN2O2/c15-11-4-1-5-12(13(11)14(18)19)17-8-6-10-3-2-7-16-9-10/h1-5,7,9,17H,6,8H2,(H,18,19). The van der Waals surface area contributed by atoms with Gasteiger partial charge in [0.1, 0.15) is 11.4 Å². The molecule has 4 nitrogen and oxygen atoms in total. The maximum absolute atomic E-state index is 13.4. The molecular weight excluding hydrogens is 247 g/mol. The van der Waals surface area contributed by atoms with Crippen molar-refractivity contribution >= 4 is 11.7 Å². The van der Waals surface area contributed by atoms with Gasteiger partial charge in [0.05, 0.1) is 5.69 Å². The SMILES string of the molecule is O=C(O)c1c(F)cccc1NCCc1cccnc1. The van der Waals surface area contributed by atoms with Crippen molar-refractivity contribution in [1.82, 2.24) is 4.98 Å². The van der Waals surface area contributed by atoms with Crippen molar-refractivity contribution in [1.29, 1.82) is 0 Å². The molecule has 0 radical (unpaired) electrons. The van der Waals surface area contributed by atoms with Gasteiger partial charge in [0.15, 0.2) is 0 Å². The molecule has 2 aromatic rings. The minimum absolute atomic E-state index is 0.288. The zero-order valence-electron chi connectivity index (χ0n) is 10.1. The average Bonchev–Trinajstić information content (AvgIpc) is 2.39. The van der Waals surface area contributed by atoms with Gasteiger partial charge < -0.3 is 10.4 Å². The van der Waals surface area contributed by atoms with E-state index in [1.54, 1.807) is 18.5 Å². The summed E-state index contributed by atoms with van der Waals surface area (Å²) in [6.45, 7) is 0.509. The van der Waals surface area contributed by atoms with Gasteiger partial charge in [-0.05, 0) is 30.2 Å². The lowest BCUT2D eigenvalue weighted by atomic mass is 10.1. The molecule has 5 heteroatoms. The molecule has 0 aliphatic rings. The van der Waals surface area contributed by atoms with E-state index in [9.17, 15) is 9.18 Å². The predicted octanol–water partition coefficient (Wildman–Crippen LogP) is 2.57. The van der Waals surface area contributed by atoms with Crippen molar-refractivity contribution in [3.05, 3.63) is 59.7 Å². The van der Waals surface area contributed by atoms with E-state index in [0.29, 0.717) is 13.0 Å². The van der Waals surface area contributed by atoms with Gasteiger partial charge in [-0.2, -0.15) is 0 Å². The fraction of sp³-hybridized carbons (Fsp3) is 0.143. The van der Waals surface area contributed by atoms with Crippen LogP contribution in [-0.4, -0.2) is 22.6 Å². The molecule has 0 atom stereocenters. The van der Waals surface area contributed by atoms with Gasteiger partial charge in [0.2, 0.25) is 0 Å². The molecule has 0 saturated heterocycles. The summed E-state index contributed by atoms with van der Waals surface area (Å²) >= 11 is 0. The molecule has 0 spiro atoms. The summed E-state index contributed by atoms with van der Waals surface area (Å²) in [7, 11) is 0. The first kappa shape index (κ1) is 13.0. The summed E-state index contributed by atoms with van der Waals surface area (Å²) in [5, 5.41) is 11.9. The second-order valence-corrected chi connectivity index (χ2v) is 4.01. The van der Waals surface area contributed by atoms with Crippen LogP contribution in [0, 0.1) is 5.82 Å². The smallest absolute Gasteiger partial charge is 0.340 e. The number of carboxylic acid groups (broad SMARTS) is 1. The molecule has 0 bridgehead atoms. The highest BCUT2D eigenvalue weighted by Gasteiger charge is 2.14. The predicted molar refractivity (Wildman–Crippen MR) is 69.8 cm³/mol. The number of anilines is 1. The van der Waals surface area contributed by atoms with Crippen molar-refractivity contribution in [3.63, 3.8) is 0 Å². The maximum Gasteiger partial charge on any atom is 0.340 e. The van der Waals surface area contributed by atoms with Crippen LogP contribution in [0.1, 0.15) is 15.9 Å². The second kappa shape index (κ2) is 5.95. The summed E-state index contributed by atoms with van der Waals surface area (Å²) in [5.41, 5.74) is 0.994. The third kappa shape index (κ3) is 3.28. The third-order valence-electron chi connectivity index (χ3n) is 2.68. The molecule has 1 aromatic carbocycles. The van der Waals surface area contributed by atoms with E-state index >= 15 is 0 Å². The van der Waals surface area contributed by atoms with Gasteiger partial charge in [-0.15, -0.1) is 0 Å². The normalized spacial score (nSPS) is 10.2. The Bertz CT molecular complexity index is 573. The number of carbonyl (C=O) groups is 1.